The molecule has 0 saturated carbocycles. The van der Waals surface area contributed by atoms with Crippen molar-refractivity contribution in [2.24, 2.45) is 0 Å². The van der Waals surface area contributed by atoms with Gasteiger partial charge in [-0.2, -0.15) is 4.98 Å². The summed E-state index contributed by atoms with van der Waals surface area (Å²) >= 11 is 0. The van der Waals surface area contributed by atoms with Gasteiger partial charge in [-0.25, -0.2) is 0 Å². The van der Waals surface area contributed by atoms with Crippen molar-refractivity contribution in [1.82, 2.24) is 20.4 Å². The summed E-state index contributed by atoms with van der Waals surface area (Å²) in [7, 11) is 0. The highest BCUT2D eigenvalue weighted by Gasteiger charge is 2.36. The number of nitrogens with one attached hydrogen (secondary N) is 1. The third-order valence-electron chi connectivity index (χ3n) is 4.22. The fourth-order valence-corrected chi connectivity index (χ4v) is 3.44. The first-order valence-corrected chi connectivity index (χ1v) is 7.10. The summed E-state index contributed by atoms with van der Waals surface area (Å²) in [5.41, 5.74) is 0. The lowest BCUT2D eigenvalue weighted by molar-refractivity contribution is 0.119. The van der Waals surface area contributed by atoms with Crippen molar-refractivity contribution >= 4 is 0 Å². The van der Waals surface area contributed by atoms with E-state index in [1.165, 1.54) is 38.4 Å². The largest absolute Gasteiger partial charge is 0.338 e. The highest BCUT2D eigenvalue weighted by atomic mass is 16.5. The van der Waals surface area contributed by atoms with E-state index in [1.54, 1.807) is 0 Å². The van der Waals surface area contributed by atoms with Gasteiger partial charge >= 0.3 is 0 Å². The Morgan fingerprint density at radius 1 is 1.39 bits per heavy atom. The molecule has 100 valence electrons. The van der Waals surface area contributed by atoms with Gasteiger partial charge in [-0.1, -0.05) is 12.1 Å². The molecule has 0 spiro atoms. The summed E-state index contributed by atoms with van der Waals surface area (Å²) in [6.07, 6.45) is 7.90. The van der Waals surface area contributed by atoms with Crippen LogP contribution in [0.25, 0.3) is 0 Å². The van der Waals surface area contributed by atoms with Gasteiger partial charge in [0.2, 0.25) is 5.89 Å². The number of nitrogens with zero attached hydrogens (tertiary/aromatic N) is 3. The predicted octanol–water partition coefficient (Wildman–Crippen LogP) is 1.56. The molecule has 2 bridgehead atoms. The normalized spacial score (nSPS) is 31.1. The molecule has 2 saturated heterocycles. The summed E-state index contributed by atoms with van der Waals surface area (Å²) in [6, 6.07) is 2.14. The minimum Gasteiger partial charge on any atom is -0.338 e. The van der Waals surface area contributed by atoms with E-state index >= 15 is 0 Å². The summed E-state index contributed by atoms with van der Waals surface area (Å²) in [5, 5.41) is 7.40. The summed E-state index contributed by atoms with van der Waals surface area (Å²) < 4.78 is 5.15. The molecule has 1 N–H and O–H groups in total. The maximum Gasteiger partial charge on any atom is 0.240 e. The second-order valence-corrected chi connectivity index (χ2v) is 5.57. The molecular weight excluding hydrogens is 228 g/mol. The Balaban J connectivity index is 1.65. The Hall–Kier alpha value is -0.940. The van der Waals surface area contributed by atoms with Crippen LogP contribution in [0, 0.1) is 0 Å². The van der Waals surface area contributed by atoms with Gasteiger partial charge in [0, 0.05) is 18.1 Å². The van der Waals surface area contributed by atoms with E-state index in [-0.39, 0.29) is 0 Å². The van der Waals surface area contributed by atoms with E-state index in [9.17, 15) is 0 Å². The van der Waals surface area contributed by atoms with E-state index in [1.807, 2.05) is 0 Å². The average molecular weight is 250 g/mol. The quantitative estimate of drug-likeness (QED) is 0.859. The van der Waals surface area contributed by atoms with Crippen LogP contribution in [-0.4, -0.2) is 39.7 Å². The van der Waals surface area contributed by atoms with E-state index in [4.69, 9.17) is 4.52 Å². The number of hydrogen-bond donors (Lipinski definition) is 1. The zero-order valence-corrected chi connectivity index (χ0v) is 11.0. The van der Waals surface area contributed by atoms with Crippen molar-refractivity contribution in [1.29, 1.82) is 0 Å². The Morgan fingerprint density at radius 2 is 2.17 bits per heavy atom. The molecule has 0 radical (unpaired) electrons. The van der Waals surface area contributed by atoms with Crippen molar-refractivity contribution in [3.63, 3.8) is 0 Å². The molecule has 5 heteroatoms. The first-order valence-electron chi connectivity index (χ1n) is 7.10. The van der Waals surface area contributed by atoms with E-state index in [2.05, 4.69) is 27.3 Å². The third-order valence-corrected chi connectivity index (χ3v) is 4.22. The molecule has 0 aliphatic carbocycles. The molecule has 5 nitrogen and oxygen atoms in total. The molecule has 2 aliphatic rings. The van der Waals surface area contributed by atoms with Gasteiger partial charge in [0.25, 0.3) is 0 Å². The number of fused-ring (bicyclic) bond motifs is 2. The standard InChI is InChI=1S/C13H22N4O/c1-2-5-17(8-13-14-9-15-18-13)12-6-10-3-4-11(7-12)16-10/h9-12,16H,2-8H2,1H3. The minimum atomic E-state index is 0.676. The molecule has 1 aromatic heterocycles. The SMILES string of the molecule is CCCN(Cc1ncno1)C1CC2CCC(C1)N2. The molecule has 3 rings (SSSR count). The van der Waals surface area contributed by atoms with Crippen LogP contribution in [0.2, 0.25) is 0 Å². The van der Waals surface area contributed by atoms with Gasteiger partial charge in [0.1, 0.15) is 0 Å². The predicted molar refractivity (Wildman–Crippen MR) is 68.0 cm³/mol. The number of rotatable bonds is 5. The minimum absolute atomic E-state index is 0.676. The Bertz CT molecular complexity index is 355. The van der Waals surface area contributed by atoms with E-state index in [0.717, 1.165) is 31.1 Å². The topological polar surface area (TPSA) is 54.2 Å². The van der Waals surface area contributed by atoms with Gasteiger partial charge in [0.05, 0.1) is 6.54 Å². The molecule has 0 aromatic carbocycles. The van der Waals surface area contributed by atoms with Crippen LogP contribution in [0.15, 0.2) is 10.9 Å². The van der Waals surface area contributed by atoms with Gasteiger partial charge in [-0.15, -0.1) is 0 Å². The van der Waals surface area contributed by atoms with Crippen molar-refractivity contribution in [3.8, 4) is 0 Å². The lowest BCUT2D eigenvalue weighted by Crippen LogP contribution is -2.48. The molecule has 0 amide bonds. The number of hydrogen-bond acceptors (Lipinski definition) is 5. The molecule has 1 aromatic rings. The smallest absolute Gasteiger partial charge is 0.240 e. The van der Waals surface area contributed by atoms with Crippen molar-refractivity contribution in [2.75, 3.05) is 6.54 Å². The number of aromatic nitrogens is 2. The van der Waals surface area contributed by atoms with Gasteiger partial charge in [-0.05, 0) is 38.6 Å². The fraction of sp³-hybridized carbons (Fsp3) is 0.846. The maximum absolute atomic E-state index is 5.15. The molecule has 2 atom stereocenters. The molecule has 2 aliphatic heterocycles. The van der Waals surface area contributed by atoms with Gasteiger partial charge in [-0.3, -0.25) is 4.90 Å². The van der Waals surface area contributed by atoms with Crippen LogP contribution < -0.4 is 5.32 Å². The van der Waals surface area contributed by atoms with Crippen molar-refractivity contribution in [3.05, 3.63) is 12.2 Å². The van der Waals surface area contributed by atoms with Crippen molar-refractivity contribution in [2.45, 2.75) is 63.7 Å². The lowest BCUT2D eigenvalue weighted by Gasteiger charge is -2.37. The third kappa shape index (κ3) is 2.57. The van der Waals surface area contributed by atoms with Crippen LogP contribution in [0.5, 0.6) is 0 Å². The number of piperidine rings is 1. The van der Waals surface area contributed by atoms with Crippen LogP contribution in [0.4, 0.5) is 0 Å². The first-order chi connectivity index (χ1) is 8.85. The fourth-order valence-electron chi connectivity index (χ4n) is 3.44. The summed E-state index contributed by atoms with van der Waals surface area (Å²) in [5.74, 6) is 0.745. The zero-order valence-electron chi connectivity index (χ0n) is 11.0. The Kier molecular flexibility index (Phi) is 3.61. The lowest BCUT2D eigenvalue weighted by atomic mass is 9.98. The Morgan fingerprint density at radius 3 is 2.78 bits per heavy atom. The molecule has 3 heterocycles. The second-order valence-electron chi connectivity index (χ2n) is 5.57. The molecule has 2 fully saturated rings. The van der Waals surface area contributed by atoms with Crippen LogP contribution in [0.1, 0.15) is 44.9 Å². The monoisotopic (exact) mass is 250 g/mol. The van der Waals surface area contributed by atoms with E-state index < -0.39 is 0 Å². The van der Waals surface area contributed by atoms with Crippen LogP contribution in [-0.2, 0) is 6.54 Å². The highest BCUT2D eigenvalue weighted by molar-refractivity contribution is 4.96. The zero-order chi connectivity index (χ0) is 12.4. The van der Waals surface area contributed by atoms with Crippen molar-refractivity contribution < 1.29 is 4.52 Å². The second kappa shape index (κ2) is 5.36. The average Bonchev–Trinajstić information content (AvgIpc) is 2.99. The summed E-state index contributed by atoms with van der Waals surface area (Å²) in [6.45, 7) is 4.15. The summed E-state index contributed by atoms with van der Waals surface area (Å²) in [4.78, 5) is 6.68. The highest BCUT2D eigenvalue weighted by Crippen LogP contribution is 2.30. The molecular formula is C13H22N4O. The molecule has 2 unspecified atom stereocenters. The van der Waals surface area contributed by atoms with Crippen LogP contribution in [0.3, 0.4) is 0 Å². The maximum atomic E-state index is 5.15. The first kappa shape index (κ1) is 12.1. The van der Waals surface area contributed by atoms with Gasteiger partial charge < -0.3 is 9.84 Å². The molecule has 18 heavy (non-hydrogen) atoms. The van der Waals surface area contributed by atoms with E-state index in [0.29, 0.717) is 6.04 Å². The van der Waals surface area contributed by atoms with Gasteiger partial charge in [0.15, 0.2) is 6.33 Å². The Labute approximate surface area is 108 Å². The van der Waals surface area contributed by atoms with Crippen LogP contribution >= 0.6 is 0 Å².